The second-order valence-corrected chi connectivity index (χ2v) is 3.05. The van der Waals surface area contributed by atoms with E-state index in [9.17, 15) is 10.0 Å². The van der Waals surface area contributed by atoms with Crippen LogP contribution in [0.25, 0.3) is 0 Å². The van der Waals surface area contributed by atoms with Crippen LogP contribution in [0.2, 0.25) is 0 Å². The Balaban J connectivity index is 2.34. The van der Waals surface area contributed by atoms with Crippen LogP contribution in [0.4, 0.5) is 4.79 Å². The van der Waals surface area contributed by atoms with E-state index in [2.05, 4.69) is 5.10 Å². The normalized spacial score (nSPS) is 30.3. The summed E-state index contributed by atoms with van der Waals surface area (Å²) in [5.41, 5.74) is 0. The van der Waals surface area contributed by atoms with Gasteiger partial charge in [0.2, 0.25) is 0 Å². The van der Waals surface area contributed by atoms with E-state index in [0.29, 0.717) is 5.84 Å². The summed E-state index contributed by atoms with van der Waals surface area (Å²) < 4.78 is -1.37. The summed E-state index contributed by atoms with van der Waals surface area (Å²) in [6.07, 6.45) is 6.82. The van der Waals surface area contributed by atoms with Crippen molar-refractivity contribution in [3.05, 3.63) is 29.6 Å². The number of rotatable bonds is 0. The van der Waals surface area contributed by atoms with Crippen LogP contribution >= 0.6 is 11.6 Å². The maximum Gasteiger partial charge on any atom is 0.439 e. The van der Waals surface area contributed by atoms with Crippen molar-refractivity contribution in [1.29, 1.82) is 0 Å². The van der Waals surface area contributed by atoms with E-state index in [1.807, 2.05) is 0 Å². The summed E-state index contributed by atoms with van der Waals surface area (Å²) in [6.45, 7) is -0.0848. The highest BCUT2D eigenvalue weighted by Gasteiger charge is 2.36. The molecule has 0 radical (unpaired) electrons. The minimum Gasteiger partial charge on any atom is -0.595 e. The van der Waals surface area contributed by atoms with Crippen molar-refractivity contribution in [2.24, 2.45) is 5.10 Å². The second-order valence-electron chi connectivity index (χ2n) is 2.72. The first kappa shape index (κ1) is 8.43. The third-order valence-corrected chi connectivity index (χ3v) is 2.06. The third kappa shape index (κ3) is 1.27. The molecule has 2 rings (SSSR count). The number of hydrogen-bond acceptors (Lipinski definition) is 4. The van der Waals surface area contributed by atoms with Crippen LogP contribution in [0.3, 0.4) is 0 Å². The molecular weight excluding hydrogens is 194 g/mol. The fourth-order valence-electron chi connectivity index (χ4n) is 1.18. The van der Waals surface area contributed by atoms with Crippen LogP contribution in [0.15, 0.2) is 29.5 Å². The number of carbonyl (C=O) groups excluding carboxylic acids is 1. The van der Waals surface area contributed by atoms with E-state index in [4.69, 9.17) is 11.6 Å². The molecule has 2 aliphatic heterocycles. The summed E-state index contributed by atoms with van der Waals surface area (Å²) in [5.74, 6) is 0.464. The Kier molecular flexibility index (Phi) is 1.73. The molecule has 1 amide bonds. The minimum absolute atomic E-state index is 0.0848. The Morgan fingerprint density at radius 3 is 3.08 bits per heavy atom. The zero-order chi connectivity index (χ0) is 9.47. The topological polar surface area (TPSA) is 55.7 Å². The van der Waals surface area contributed by atoms with Gasteiger partial charge in [0.25, 0.3) is 0 Å². The molecule has 5 nitrogen and oxygen atoms in total. The van der Waals surface area contributed by atoms with Gasteiger partial charge in [-0.2, -0.15) is 0 Å². The van der Waals surface area contributed by atoms with Gasteiger partial charge in [-0.15, -0.1) is 4.76 Å². The van der Waals surface area contributed by atoms with E-state index in [1.165, 1.54) is 0 Å². The fraction of sp³-hybridized carbons (Fsp3) is 0.143. The van der Waals surface area contributed by atoms with E-state index in [-0.39, 0.29) is 6.67 Å². The molecule has 1 unspecified atom stereocenters. The van der Waals surface area contributed by atoms with Gasteiger partial charge in [-0.25, -0.2) is 4.79 Å². The van der Waals surface area contributed by atoms with Crippen LogP contribution in [-0.4, -0.2) is 27.5 Å². The fourth-order valence-corrected chi connectivity index (χ4v) is 1.27. The number of hydrogen-bond donors (Lipinski definition) is 0. The smallest absolute Gasteiger partial charge is 0.439 e. The Hall–Kier alpha value is -1.17. The van der Waals surface area contributed by atoms with E-state index in [1.54, 1.807) is 29.3 Å². The van der Waals surface area contributed by atoms with Gasteiger partial charge in [-0.05, 0) is 12.2 Å². The van der Waals surface area contributed by atoms with Crippen LogP contribution in [0.5, 0.6) is 0 Å². The first-order valence-electron chi connectivity index (χ1n) is 3.63. The molecule has 0 aromatic rings. The van der Waals surface area contributed by atoms with Gasteiger partial charge in [-0.3, -0.25) is 4.90 Å². The van der Waals surface area contributed by atoms with Crippen LogP contribution < -0.4 is 0 Å². The van der Waals surface area contributed by atoms with Crippen molar-refractivity contribution in [3.8, 4) is 0 Å². The van der Waals surface area contributed by atoms with Crippen molar-refractivity contribution in [3.63, 3.8) is 0 Å². The molecule has 2 aliphatic rings. The molecule has 0 saturated carbocycles. The van der Waals surface area contributed by atoms with Crippen molar-refractivity contribution >= 4 is 22.8 Å². The van der Waals surface area contributed by atoms with Gasteiger partial charge >= 0.3 is 5.37 Å². The van der Waals surface area contributed by atoms with Crippen LogP contribution in [-0.2, 0) is 0 Å². The average molecular weight is 200 g/mol. The highest BCUT2D eigenvalue weighted by atomic mass is 35.5. The number of allylic oxidation sites excluding steroid dienone is 2. The number of hydroxylamine groups is 2. The largest absolute Gasteiger partial charge is 0.595 e. The molecule has 0 aliphatic carbocycles. The van der Waals surface area contributed by atoms with Gasteiger partial charge in [-0.1, -0.05) is 11.2 Å². The number of halogens is 1. The van der Waals surface area contributed by atoms with Gasteiger partial charge in [0.1, 0.15) is 0 Å². The lowest BCUT2D eigenvalue weighted by Gasteiger charge is -2.26. The van der Waals surface area contributed by atoms with E-state index >= 15 is 0 Å². The predicted molar refractivity (Wildman–Crippen MR) is 47.3 cm³/mol. The minimum atomic E-state index is -1.37. The van der Waals surface area contributed by atoms with Gasteiger partial charge < -0.3 is 5.21 Å². The molecule has 0 aromatic heterocycles. The molecule has 6 heteroatoms. The third-order valence-electron chi connectivity index (χ3n) is 1.80. The molecule has 0 spiro atoms. The molecular formula is C7H6ClN3O2. The highest BCUT2D eigenvalue weighted by molar-refractivity contribution is 6.60. The first-order chi connectivity index (χ1) is 6.12. The summed E-state index contributed by atoms with van der Waals surface area (Å²) in [6, 6.07) is 0. The lowest BCUT2D eigenvalue weighted by atomic mass is 10.3. The standard InChI is InChI=1S/C7H6ClN3O2/c8-7(12)11(13)5-10-4-2-1-3-6(10)9-11/h1-4H,5H2. The quantitative estimate of drug-likeness (QED) is 0.256. The van der Waals surface area contributed by atoms with Crippen molar-refractivity contribution in [2.75, 3.05) is 6.67 Å². The summed E-state index contributed by atoms with van der Waals surface area (Å²) >= 11 is 5.13. The lowest BCUT2D eigenvalue weighted by Crippen LogP contribution is -2.40. The second kappa shape index (κ2) is 2.66. The Morgan fingerprint density at radius 1 is 1.69 bits per heavy atom. The molecule has 0 bridgehead atoms. The zero-order valence-electron chi connectivity index (χ0n) is 6.55. The Bertz CT molecular complexity index is 350. The number of amides is 1. The monoisotopic (exact) mass is 199 g/mol. The van der Waals surface area contributed by atoms with Crippen molar-refractivity contribution in [1.82, 2.24) is 4.90 Å². The Morgan fingerprint density at radius 2 is 2.46 bits per heavy atom. The van der Waals surface area contributed by atoms with Crippen LogP contribution in [0, 0.1) is 5.21 Å². The summed E-state index contributed by atoms with van der Waals surface area (Å²) in [5, 5.41) is 14.1. The number of nitrogens with zero attached hydrogens (tertiary/aromatic N) is 3. The molecule has 2 heterocycles. The molecule has 13 heavy (non-hydrogen) atoms. The first-order valence-corrected chi connectivity index (χ1v) is 4.00. The summed E-state index contributed by atoms with van der Waals surface area (Å²) in [7, 11) is 0. The highest BCUT2D eigenvalue weighted by Crippen LogP contribution is 2.22. The van der Waals surface area contributed by atoms with Crippen molar-refractivity contribution in [2.45, 2.75) is 0 Å². The van der Waals surface area contributed by atoms with Gasteiger partial charge in [0.05, 0.1) is 0 Å². The lowest BCUT2D eigenvalue weighted by molar-refractivity contribution is -0.800. The van der Waals surface area contributed by atoms with E-state index < -0.39 is 10.1 Å². The molecule has 0 aromatic carbocycles. The Labute approximate surface area is 79.3 Å². The number of quaternary nitrogens is 1. The molecule has 0 N–H and O–H groups in total. The molecule has 0 fully saturated rings. The van der Waals surface area contributed by atoms with Crippen LogP contribution in [0.1, 0.15) is 0 Å². The SMILES string of the molecule is O=C(Cl)[N+]1([O-])CN2C=CC=CC2=N1. The number of carbonyl (C=O) groups is 1. The van der Waals surface area contributed by atoms with Gasteiger partial charge in [0, 0.05) is 17.8 Å². The molecule has 1 atom stereocenters. The van der Waals surface area contributed by atoms with Crippen molar-refractivity contribution < 1.29 is 9.55 Å². The maximum atomic E-state index is 11.5. The predicted octanol–water partition coefficient (Wildman–Crippen LogP) is 1.33. The number of fused-ring (bicyclic) bond motifs is 1. The van der Waals surface area contributed by atoms with E-state index in [0.717, 1.165) is 0 Å². The summed E-state index contributed by atoms with van der Waals surface area (Å²) in [4.78, 5) is 12.3. The molecule has 0 saturated heterocycles. The maximum absolute atomic E-state index is 11.5. The zero-order valence-corrected chi connectivity index (χ0v) is 7.31. The van der Waals surface area contributed by atoms with Gasteiger partial charge in [0.15, 0.2) is 12.5 Å². The number of amidine groups is 1. The average Bonchev–Trinajstić information content (AvgIpc) is 2.42. The molecule has 68 valence electrons.